The van der Waals surface area contributed by atoms with Crippen LogP contribution < -0.4 is 28.7 Å². The molecular formula is C25H50BN5O12. The predicted octanol–water partition coefficient (Wildman–Crippen LogP) is -6.68. The van der Waals surface area contributed by atoms with Gasteiger partial charge in [0.2, 0.25) is 0 Å². The molecule has 0 aromatic heterocycles. The molecule has 3 heterocycles. The average Bonchev–Trinajstić information content (AvgIpc) is 3.26. The van der Waals surface area contributed by atoms with Gasteiger partial charge < -0.3 is 87.7 Å². The van der Waals surface area contributed by atoms with E-state index in [1.165, 1.54) is 0 Å². The molecule has 17 nitrogen and oxygen atoms in total. The fraction of sp³-hybridized carbons (Fsp3) is 1.00. The van der Waals surface area contributed by atoms with Crippen LogP contribution >= 0.6 is 0 Å². The summed E-state index contributed by atoms with van der Waals surface area (Å²) >= 11 is 0. The smallest absolute Gasteiger partial charge is 0.187 e. The van der Waals surface area contributed by atoms with Gasteiger partial charge in [0.1, 0.15) is 68.3 Å². The highest BCUT2D eigenvalue weighted by atomic mass is 16.8. The van der Waals surface area contributed by atoms with Crippen molar-refractivity contribution in [2.45, 2.75) is 137 Å². The lowest BCUT2D eigenvalue weighted by atomic mass is 9.74. The molecular weight excluding hydrogens is 573 g/mol. The van der Waals surface area contributed by atoms with Crippen LogP contribution in [0.3, 0.4) is 0 Å². The Morgan fingerprint density at radius 3 is 1.58 bits per heavy atom. The number of aliphatic hydroxyl groups excluding tert-OH is 6. The van der Waals surface area contributed by atoms with Crippen LogP contribution in [0.4, 0.5) is 0 Å². The van der Waals surface area contributed by atoms with Gasteiger partial charge in [0, 0.05) is 19.1 Å². The van der Waals surface area contributed by atoms with E-state index >= 15 is 0 Å². The van der Waals surface area contributed by atoms with Gasteiger partial charge in [-0.15, -0.1) is 0 Å². The van der Waals surface area contributed by atoms with Crippen LogP contribution in [0.15, 0.2) is 0 Å². The van der Waals surface area contributed by atoms with Gasteiger partial charge in [-0.25, -0.2) is 0 Å². The van der Waals surface area contributed by atoms with Crippen molar-refractivity contribution in [2.24, 2.45) is 34.6 Å². The number of rotatable bonds is 10. The van der Waals surface area contributed by atoms with Gasteiger partial charge in [0.25, 0.3) is 0 Å². The van der Waals surface area contributed by atoms with E-state index in [-0.39, 0.29) is 19.0 Å². The SMILES string of the molecule is CBC[C@H]1O[C@@H](O[C@@H]2[C@H](O)C(C)CC(N)[C@H]2OC2OC(CN)[C@@H](O)[C@H](O)[C@@H]2N)[C@@H](O)C1OC1O[C@@H](CN)C(O)C(O)C1N. The first-order valence-corrected chi connectivity index (χ1v) is 15.0. The molecule has 0 aromatic carbocycles. The number of ether oxygens (including phenoxy) is 6. The fourth-order valence-electron chi connectivity index (χ4n) is 6.31. The Morgan fingerprint density at radius 1 is 0.628 bits per heavy atom. The van der Waals surface area contributed by atoms with Crippen LogP contribution in [-0.2, 0) is 28.4 Å². The molecule has 19 atom stereocenters. The molecule has 16 N–H and O–H groups in total. The Hall–Kier alpha value is -0.615. The molecule has 3 aliphatic heterocycles. The molecule has 0 bridgehead atoms. The molecule has 4 rings (SSSR count). The molecule has 18 heteroatoms. The summed E-state index contributed by atoms with van der Waals surface area (Å²) in [5.74, 6) is -0.322. The summed E-state index contributed by atoms with van der Waals surface area (Å²) < 4.78 is 35.8. The van der Waals surface area contributed by atoms with Crippen LogP contribution in [0.5, 0.6) is 0 Å². The quantitative estimate of drug-likeness (QED) is 0.101. The van der Waals surface area contributed by atoms with Crippen molar-refractivity contribution in [3.05, 3.63) is 0 Å². The zero-order valence-corrected chi connectivity index (χ0v) is 24.5. The third-order valence-corrected chi connectivity index (χ3v) is 9.01. The first-order chi connectivity index (χ1) is 20.3. The largest absolute Gasteiger partial charge is 0.390 e. The summed E-state index contributed by atoms with van der Waals surface area (Å²) in [6.45, 7) is 3.49. The van der Waals surface area contributed by atoms with E-state index in [2.05, 4.69) is 0 Å². The summed E-state index contributed by atoms with van der Waals surface area (Å²) in [4.78, 5) is 0. The second-order valence-corrected chi connectivity index (χ2v) is 12.2. The number of hydrogen-bond acceptors (Lipinski definition) is 17. The predicted molar refractivity (Wildman–Crippen MR) is 150 cm³/mol. The highest BCUT2D eigenvalue weighted by Crippen LogP contribution is 2.36. The summed E-state index contributed by atoms with van der Waals surface area (Å²) in [7, 11) is 0.654. The second kappa shape index (κ2) is 14.9. The van der Waals surface area contributed by atoms with Gasteiger partial charge in [0.05, 0.1) is 24.3 Å². The van der Waals surface area contributed by atoms with Crippen molar-refractivity contribution >= 4 is 7.28 Å². The minimum atomic E-state index is -1.40. The lowest BCUT2D eigenvalue weighted by Gasteiger charge is -2.47. The van der Waals surface area contributed by atoms with Crippen LogP contribution in [0.25, 0.3) is 0 Å². The number of hydrogen-bond donors (Lipinski definition) is 11. The van der Waals surface area contributed by atoms with Gasteiger partial charge in [-0.2, -0.15) is 0 Å². The average molecular weight is 624 g/mol. The zero-order chi connectivity index (χ0) is 31.7. The van der Waals surface area contributed by atoms with E-state index < -0.39 is 110 Å². The number of aliphatic hydroxyl groups is 6. The molecule has 43 heavy (non-hydrogen) atoms. The van der Waals surface area contributed by atoms with Crippen molar-refractivity contribution < 1.29 is 59.1 Å². The monoisotopic (exact) mass is 623 g/mol. The Morgan fingerprint density at radius 2 is 1.09 bits per heavy atom. The first kappa shape index (κ1) is 35.2. The third kappa shape index (κ3) is 7.21. The topological polar surface area (TPSA) is 307 Å². The number of nitrogens with two attached hydrogens (primary N) is 5. The molecule has 250 valence electrons. The van der Waals surface area contributed by atoms with Crippen molar-refractivity contribution in [2.75, 3.05) is 13.1 Å². The fourth-order valence-corrected chi connectivity index (χ4v) is 6.31. The van der Waals surface area contributed by atoms with Gasteiger partial charge in [-0.3, -0.25) is 0 Å². The van der Waals surface area contributed by atoms with Crippen molar-refractivity contribution in [1.82, 2.24) is 0 Å². The minimum Gasteiger partial charge on any atom is -0.390 e. The molecule has 0 aromatic rings. The lowest BCUT2D eigenvalue weighted by molar-refractivity contribution is -0.308. The maximum absolute atomic E-state index is 11.4. The molecule has 9 unspecified atom stereocenters. The van der Waals surface area contributed by atoms with Gasteiger partial charge >= 0.3 is 0 Å². The normalized spacial score (nSPS) is 52.7. The van der Waals surface area contributed by atoms with E-state index in [1.54, 1.807) is 6.92 Å². The summed E-state index contributed by atoms with van der Waals surface area (Å²) in [6, 6.07) is -2.98. The Labute approximate surface area is 251 Å². The molecule has 0 radical (unpaired) electrons. The molecule has 3 saturated heterocycles. The zero-order valence-electron chi connectivity index (χ0n) is 24.5. The van der Waals surface area contributed by atoms with Crippen LogP contribution in [-0.4, -0.2) is 161 Å². The van der Waals surface area contributed by atoms with Crippen LogP contribution in [0, 0.1) is 5.92 Å². The van der Waals surface area contributed by atoms with Gasteiger partial charge in [-0.05, 0) is 18.7 Å². The third-order valence-electron chi connectivity index (χ3n) is 9.01. The van der Waals surface area contributed by atoms with Crippen molar-refractivity contribution in [3.63, 3.8) is 0 Å². The molecule has 0 amide bonds. The van der Waals surface area contributed by atoms with Crippen LogP contribution in [0.1, 0.15) is 13.3 Å². The van der Waals surface area contributed by atoms with Gasteiger partial charge in [-0.1, -0.05) is 13.7 Å². The van der Waals surface area contributed by atoms with E-state index in [0.717, 1.165) is 0 Å². The van der Waals surface area contributed by atoms with E-state index in [0.29, 0.717) is 20.0 Å². The second-order valence-electron chi connectivity index (χ2n) is 12.2. The standard InChI is InChI=1S/C25H50BN5O12/c1-7-3-8(29)20(41-23-12(30)17(35)15(33)10(5-27)39-23)22(14(7)32)43-25-19(37)21(9(38-25)4-26-2)42-24-13(31)18(36)16(34)11(6-28)40-24/h7-26,32-37H,3-6,27-31H2,1-2H3/t7?,8?,9-,10?,11+,12+,13?,14-,15-,16?,17-,18?,19+,20-,21?,22-,23?,24?,25+/m1/s1. The highest BCUT2D eigenvalue weighted by Gasteiger charge is 2.54. The van der Waals surface area contributed by atoms with Gasteiger partial charge in [0.15, 0.2) is 18.9 Å². The van der Waals surface area contributed by atoms with Crippen molar-refractivity contribution in [1.29, 1.82) is 0 Å². The molecule has 1 saturated carbocycles. The van der Waals surface area contributed by atoms with E-state index in [1.807, 2.05) is 6.82 Å². The summed E-state index contributed by atoms with van der Waals surface area (Å²) in [5, 5.41) is 63.8. The van der Waals surface area contributed by atoms with Crippen molar-refractivity contribution in [3.8, 4) is 0 Å². The summed E-state index contributed by atoms with van der Waals surface area (Å²) in [5.41, 5.74) is 30.0. The van der Waals surface area contributed by atoms with E-state index in [9.17, 15) is 30.6 Å². The lowest BCUT2D eigenvalue weighted by Crippen LogP contribution is -2.66. The molecule has 4 fully saturated rings. The Balaban J connectivity index is 1.51. The molecule has 1 aliphatic carbocycles. The highest BCUT2D eigenvalue weighted by molar-refractivity contribution is 6.33. The first-order valence-electron chi connectivity index (χ1n) is 15.0. The molecule has 0 spiro atoms. The van der Waals surface area contributed by atoms with Crippen LogP contribution in [0.2, 0.25) is 13.1 Å². The Kier molecular flexibility index (Phi) is 12.2. The molecule has 4 aliphatic rings. The Bertz CT molecular complexity index is 886. The minimum absolute atomic E-state index is 0.103. The van der Waals surface area contributed by atoms with E-state index in [4.69, 9.17) is 57.1 Å². The maximum atomic E-state index is 11.4. The summed E-state index contributed by atoms with van der Waals surface area (Å²) in [6.07, 6.45) is -16.7. The maximum Gasteiger partial charge on any atom is 0.187 e.